The molecule has 0 radical (unpaired) electrons. The average Bonchev–Trinajstić information content (AvgIpc) is 1.96. The summed E-state index contributed by atoms with van der Waals surface area (Å²) >= 11 is 0. The van der Waals surface area contributed by atoms with Crippen molar-refractivity contribution in [3.8, 4) is 0 Å². The van der Waals surface area contributed by atoms with Gasteiger partial charge in [-0.15, -0.1) is 0 Å². The number of hydrogen-bond donors (Lipinski definition) is 2. The summed E-state index contributed by atoms with van der Waals surface area (Å²) in [5.74, 6) is -1.33. The fourth-order valence-corrected chi connectivity index (χ4v) is 0.773. The summed E-state index contributed by atoms with van der Waals surface area (Å²) in [5.41, 5.74) is 0. The summed E-state index contributed by atoms with van der Waals surface area (Å²) in [4.78, 5) is 22.2. The molecule has 0 aliphatic heterocycles. The Bertz CT molecular complexity index is 169. The minimum absolute atomic E-state index is 0.0383. The van der Waals surface area contributed by atoms with Crippen LogP contribution in [0.25, 0.3) is 0 Å². The molecule has 12 heavy (non-hydrogen) atoms. The van der Waals surface area contributed by atoms with Crippen molar-refractivity contribution in [2.24, 2.45) is 0 Å². The zero-order valence-electron chi connectivity index (χ0n) is 6.99. The number of rotatable bonds is 5. The van der Waals surface area contributed by atoms with Crippen molar-refractivity contribution in [1.29, 1.82) is 0 Å². The van der Waals surface area contributed by atoms with E-state index in [2.05, 4.69) is 0 Å². The van der Waals surface area contributed by atoms with E-state index in [0.717, 1.165) is 0 Å². The van der Waals surface area contributed by atoms with Gasteiger partial charge in [-0.3, -0.25) is 9.59 Å². The summed E-state index contributed by atoms with van der Waals surface area (Å²) in [5, 5.41) is 16.8. The van der Waals surface area contributed by atoms with Gasteiger partial charge in [-0.05, 0) is 6.42 Å². The lowest BCUT2D eigenvalue weighted by molar-refractivity contribution is -0.143. The maximum Gasteiger partial charge on any atom is 0.323 e. The van der Waals surface area contributed by atoms with Crippen LogP contribution in [0.3, 0.4) is 0 Å². The third-order valence-electron chi connectivity index (χ3n) is 1.36. The van der Waals surface area contributed by atoms with E-state index in [1.807, 2.05) is 0 Å². The number of aliphatic hydroxyl groups excluding tert-OH is 1. The Kier molecular flexibility index (Phi) is 5.03. The van der Waals surface area contributed by atoms with Crippen molar-refractivity contribution in [3.05, 3.63) is 0 Å². The van der Waals surface area contributed by atoms with Crippen molar-refractivity contribution >= 4 is 11.9 Å². The van der Waals surface area contributed by atoms with E-state index < -0.39 is 5.97 Å². The number of nitrogens with zero attached hydrogens (tertiary/aromatic N) is 1. The number of aliphatic carboxylic acids is 1. The molecule has 5 nitrogen and oxygen atoms in total. The molecule has 0 rings (SSSR count). The van der Waals surface area contributed by atoms with Gasteiger partial charge in [0.05, 0.1) is 0 Å². The van der Waals surface area contributed by atoms with E-state index >= 15 is 0 Å². The molecule has 0 saturated heterocycles. The zero-order chi connectivity index (χ0) is 9.56. The largest absolute Gasteiger partial charge is 0.480 e. The predicted molar refractivity (Wildman–Crippen MR) is 41.6 cm³/mol. The SMILES string of the molecule is CC(=O)N(CCCO)CC(=O)O. The summed E-state index contributed by atoms with van der Waals surface area (Å²) in [7, 11) is 0. The third-order valence-corrected chi connectivity index (χ3v) is 1.36. The quantitative estimate of drug-likeness (QED) is 0.579. The number of carbonyl (C=O) groups is 2. The summed E-state index contributed by atoms with van der Waals surface area (Å²) in [6.45, 7) is 1.26. The fraction of sp³-hybridized carbons (Fsp3) is 0.714. The summed E-state index contributed by atoms with van der Waals surface area (Å²) < 4.78 is 0. The van der Waals surface area contributed by atoms with Gasteiger partial charge in [0.15, 0.2) is 0 Å². The first-order chi connectivity index (χ1) is 5.57. The van der Waals surface area contributed by atoms with Crippen LogP contribution < -0.4 is 0 Å². The lowest BCUT2D eigenvalue weighted by Gasteiger charge is -2.17. The summed E-state index contributed by atoms with van der Waals surface area (Å²) in [6.07, 6.45) is 0.410. The Labute approximate surface area is 70.6 Å². The Morgan fingerprint density at radius 3 is 2.33 bits per heavy atom. The van der Waals surface area contributed by atoms with Crippen molar-refractivity contribution in [2.45, 2.75) is 13.3 Å². The molecule has 0 spiro atoms. The van der Waals surface area contributed by atoms with Gasteiger partial charge >= 0.3 is 5.97 Å². The van der Waals surface area contributed by atoms with Crippen molar-refractivity contribution < 1.29 is 19.8 Å². The molecule has 2 N–H and O–H groups in total. The van der Waals surface area contributed by atoms with E-state index in [0.29, 0.717) is 6.42 Å². The van der Waals surface area contributed by atoms with Crippen LogP contribution in [0.4, 0.5) is 0 Å². The monoisotopic (exact) mass is 175 g/mol. The van der Waals surface area contributed by atoms with Gasteiger partial charge < -0.3 is 15.1 Å². The molecule has 0 aliphatic carbocycles. The van der Waals surface area contributed by atoms with Crippen LogP contribution in [0, 0.1) is 0 Å². The van der Waals surface area contributed by atoms with Crippen LogP contribution in [0.15, 0.2) is 0 Å². The second-order valence-electron chi connectivity index (χ2n) is 2.41. The number of carbonyl (C=O) groups excluding carboxylic acids is 1. The van der Waals surface area contributed by atoms with Crippen molar-refractivity contribution in [3.63, 3.8) is 0 Å². The molecule has 0 bridgehead atoms. The number of carboxylic acids is 1. The smallest absolute Gasteiger partial charge is 0.323 e. The molecular formula is C7H13NO4. The van der Waals surface area contributed by atoms with Crippen LogP contribution in [0.5, 0.6) is 0 Å². The average molecular weight is 175 g/mol. The van der Waals surface area contributed by atoms with E-state index in [4.69, 9.17) is 10.2 Å². The van der Waals surface area contributed by atoms with Gasteiger partial charge in [-0.1, -0.05) is 0 Å². The zero-order valence-corrected chi connectivity index (χ0v) is 6.99. The molecular weight excluding hydrogens is 162 g/mol. The molecule has 0 saturated carbocycles. The highest BCUT2D eigenvalue weighted by Crippen LogP contribution is 1.91. The third kappa shape index (κ3) is 4.68. The molecule has 0 aromatic heterocycles. The molecule has 0 heterocycles. The predicted octanol–water partition coefficient (Wildman–Crippen LogP) is -0.698. The highest BCUT2D eigenvalue weighted by atomic mass is 16.4. The van der Waals surface area contributed by atoms with Gasteiger partial charge in [0.1, 0.15) is 6.54 Å². The topological polar surface area (TPSA) is 77.8 Å². The van der Waals surface area contributed by atoms with Crippen LogP contribution in [0.1, 0.15) is 13.3 Å². The normalized spacial score (nSPS) is 9.50. The molecule has 0 fully saturated rings. The highest BCUT2D eigenvalue weighted by molar-refractivity contribution is 5.79. The molecule has 0 atom stereocenters. The van der Waals surface area contributed by atoms with Gasteiger partial charge in [0, 0.05) is 20.1 Å². The van der Waals surface area contributed by atoms with Gasteiger partial charge in [0.2, 0.25) is 5.91 Å². The molecule has 0 aromatic carbocycles. The molecule has 1 amide bonds. The highest BCUT2D eigenvalue weighted by Gasteiger charge is 2.11. The second kappa shape index (κ2) is 5.54. The summed E-state index contributed by atoms with van der Waals surface area (Å²) in [6, 6.07) is 0. The molecule has 5 heteroatoms. The Morgan fingerprint density at radius 2 is 2.00 bits per heavy atom. The van der Waals surface area contributed by atoms with E-state index in [-0.39, 0.29) is 25.6 Å². The van der Waals surface area contributed by atoms with E-state index in [9.17, 15) is 9.59 Å². The van der Waals surface area contributed by atoms with Crippen molar-refractivity contribution in [1.82, 2.24) is 4.90 Å². The van der Waals surface area contributed by atoms with Crippen LogP contribution in [-0.4, -0.2) is 46.7 Å². The minimum Gasteiger partial charge on any atom is -0.480 e. The molecule has 0 unspecified atom stereocenters. The first-order valence-electron chi connectivity index (χ1n) is 3.66. The van der Waals surface area contributed by atoms with Crippen LogP contribution >= 0.6 is 0 Å². The Balaban J connectivity index is 3.87. The fourth-order valence-electron chi connectivity index (χ4n) is 0.773. The van der Waals surface area contributed by atoms with Crippen LogP contribution in [0.2, 0.25) is 0 Å². The van der Waals surface area contributed by atoms with Gasteiger partial charge in [-0.2, -0.15) is 0 Å². The number of aliphatic hydroxyl groups is 1. The van der Waals surface area contributed by atoms with Crippen molar-refractivity contribution in [2.75, 3.05) is 19.7 Å². The Hall–Kier alpha value is -1.10. The number of amides is 1. The lowest BCUT2D eigenvalue weighted by Crippen LogP contribution is -2.35. The molecule has 70 valence electrons. The van der Waals surface area contributed by atoms with E-state index in [1.165, 1.54) is 11.8 Å². The maximum atomic E-state index is 10.8. The first-order valence-corrected chi connectivity index (χ1v) is 3.66. The van der Waals surface area contributed by atoms with Gasteiger partial charge in [0.25, 0.3) is 0 Å². The van der Waals surface area contributed by atoms with E-state index in [1.54, 1.807) is 0 Å². The first kappa shape index (κ1) is 10.9. The van der Waals surface area contributed by atoms with Crippen LogP contribution in [-0.2, 0) is 9.59 Å². The molecule has 0 aromatic rings. The minimum atomic E-state index is -1.04. The standard InChI is InChI=1S/C7H13NO4/c1-6(10)8(3-2-4-9)5-7(11)12/h9H,2-5H2,1H3,(H,11,12). The number of carboxylic acid groups (broad SMARTS) is 1. The number of hydrogen-bond acceptors (Lipinski definition) is 3. The lowest BCUT2D eigenvalue weighted by atomic mass is 10.4. The second-order valence-corrected chi connectivity index (χ2v) is 2.41. The van der Waals surface area contributed by atoms with Gasteiger partial charge in [-0.25, -0.2) is 0 Å². The Morgan fingerprint density at radius 1 is 1.42 bits per heavy atom. The maximum absolute atomic E-state index is 10.8. The molecule has 0 aliphatic rings.